The van der Waals surface area contributed by atoms with Gasteiger partial charge in [0.1, 0.15) is 18.1 Å². The molecule has 0 amide bonds. The number of hydrogen-bond acceptors (Lipinski definition) is 3. The van der Waals surface area contributed by atoms with Gasteiger partial charge in [0.25, 0.3) is 0 Å². The summed E-state index contributed by atoms with van der Waals surface area (Å²) in [4.78, 5) is 0. The van der Waals surface area contributed by atoms with Crippen molar-refractivity contribution in [1.29, 1.82) is 0 Å². The van der Waals surface area contributed by atoms with E-state index in [0.717, 1.165) is 23.7 Å². The normalized spacial score (nSPS) is 9.67. The van der Waals surface area contributed by atoms with Gasteiger partial charge in [0.15, 0.2) is 0 Å². The molecule has 82 valence electrons. The summed E-state index contributed by atoms with van der Waals surface area (Å²) in [7, 11) is 0. The molecule has 0 unspecified atom stereocenters. The molecular formula is C12H16O2S. The molecule has 0 aliphatic carbocycles. The van der Waals surface area contributed by atoms with Crippen molar-refractivity contribution >= 4 is 12.6 Å². The number of hydrogen-bond donors (Lipinski definition) is 1. The molecule has 0 bridgehead atoms. The first-order valence-electron chi connectivity index (χ1n) is 4.94. The fourth-order valence-electron chi connectivity index (χ4n) is 1.04. The van der Waals surface area contributed by atoms with Gasteiger partial charge in [-0.2, -0.15) is 12.6 Å². The van der Waals surface area contributed by atoms with Crippen LogP contribution in [-0.2, 0) is 0 Å². The summed E-state index contributed by atoms with van der Waals surface area (Å²) in [5, 5.41) is 0. The standard InChI is InChI=1S/C12H16O2S/c1-2-8-13-11-4-6-12(7-5-11)14-9-3-10-15/h2,4-7,15H,1,3,8-10H2. The Labute approximate surface area is 96.3 Å². The Morgan fingerprint density at radius 1 is 1.13 bits per heavy atom. The highest BCUT2D eigenvalue weighted by molar-refractivity contribution is 7.80. The Bertz CT molecular complexity index is 282. The van der Waals surface area contributed by atoms with Gasteiger partial charge in [0, 0.05) is 0 Å². The zero-order valence-electron chi connectivity index (χ0n) is 8.69. The first-order chi connectivity index (χ1) is 7.36. The van der Waals surface area contributed by atoms with Gasteiger partial charge >= 0.3 is 0 Å². The second-order valence-electron chi connectivity index (χ2n) is 3.00. The smallest absolute Gasteiger partial charge is 0.120 e. The summed E-state index contributed by atoms with van der Waals surface area (Å²) in [5.41, 5.74) is 0. The van der Waals surface area contributed by atoms with Gasteiger partial charge in [-0.25, -0.2) is 0 Å². The lowest BCUT2D eigenvalue weighted by atomic mass is 10.3. The van der Waals surface area contributed by atoms with E-state index in [4.69, 9.17) is 9.47 Å². The summed E-state index contributed by atoms with van der Waals surface area (Å²) >= 11 is 4.11. The number of benzene rings is 1. The summed E-state index contributed by atoms with van der Waals surface area (Å²) < 4.78 is 10.8. The van der Waals surface area contributed by atoms with Crippen LogP contribution in [0.25, 0.3) is 0 Å². The topological polar surface area (TPSA) is 18.5 Å². The van der Waals surface area contributed by atoms with Gasteiger partial charge < -0.3 is 9.47 Å². The highest BCUT2D eigenvalue weighted by Gasteiger charge is 1.95. The third-order valence-corrected chi connectivity index (χ3v) is 2.08. The molecular weight excluding hydrogens is 208 g/mol. The van der Waals surface area contributed by atoms with E-state index in [1.54, 1.807) is 6.08 Å². The summed E-state index contributed by atoms with van der Waals surface area (Å²) in [6.45, 7) is 4.82. The van der Waals surface area contributed by atoms with Gasteiger partial charge in [-0.1, -0.05) is 12.7 Å². The molecule has 0 radical (unpaired) electrons. The van der Waals surface area contributed by atoms with E-state index in [0.29, 0.717) is 13.2 Å². The van der Waals surface area contributed by atoms with Gasteiger partial charge in [-0.3, -0.25) is 0 Å². The van der Waals surface area contributed by atoms with E-state index < -0.39 is 0 Å². The zero-order valence-corrected chi connectivity index (χ0v) is 9.58. The van der Waals surface area contributed by atoms with E-state index in [1.807, 2.05) is 24.3 Å². The van der Waals surface area contributed by atoms with Crippen LogP contribution in [0.5, 0.6) is 11.5 Å². The van der Waals surface area contributed by atoms with Gasteiger partial charge in [0.05, 0.1) is 6.61 Å². The van der Waals surface area contributed by atoms with Crippen molar-refractivity contribution in [1.82, 2.24) is 0 Å². The minimum absolute atomic E-state index is 0.528. The van der Waals surface area contributed by atoms with Crippen molar-refractivity contribution in [3.05, 3.63) is 36.9 Å². The second-order valence-corrected chi connectivity index (χ2v) is 3.44. The lowest BCUT2D eigenvalue weighted by molar-refractivity contribution is 0.317. The van der Waals surface area contributed by atoms with Crippen molar-refractivity contribution in [3.8, 4) is 11.5 Å². The maximum Gasteiger partial charge on any atom is 0.120 e. The maximum absolute atomic E-state index is 5.48. The van der Waals surface area contributed by atoms with Crippen LogP contribution in [0, 0.1) is 0 Å². The SMILES string of the molecule is C=CCOc1ccc(OCCCS)cc1. The molecule has 2 nitrogen and oxygen atoms in total. The monoisotopic (exact) mass is 224 g/mol. The Morgan fingerprint density at radius 3 is 2.27 bits per heavy atom. The number of ether oxygens (including phenoxy) is 2. The fourth-order valence-corrected chi connectivity index (χ4v) is 1.17. The third-order valence-electron chi connectivity index (χ3n) is 1.76. The molecule has 0 heterocycles. The summed E-state index contributed by atoms with van der Waals surface area (Å²) in [6.07, 6.45) is 2.68. The van der Waals surface area contributed by atoms with Crippen LogP contribution in [0.4, 0.5) is 0 Å². The Balaban J connectivity index is 2.38. The molecule has 1 aromatic carbocycles. The van der Waals surface area contributed by atoms with Crippen LogP contribution in [0.1, 0.15) is 6.42 Å². The average Bonchev–Trinajstić information content (AvgIpc) is 2.28. The molecule has 0 saturated heterocycles. The van der Waals surface area contributed by atoms with Crippen molar-refractivity contribution in [2.75, 3.05) is 19.0 Å². The summed E-state index contributed by atoms with van der Waals surface area (Å²) in [6, 6.07) is 7.58. The molecule has 0 aliphatic heterocycles. The van der Waals surface area contributed by atoms with E-state index in [1.165, 1.54) is 0 Å². The van der Waals surface area contributed by atoms with Gasteiger partial charge in [-0.05, 0) is 36.4 Å². The van der Waals surface area contributed by atoms with Crippen molar-refractivity contribution in [3.63, 3.8) is 0 Å². The molecule has 0 spiro atoms. The Hall–Kier alpha value is -1.09. The van der Waals surface area contributed by atoms with E-state index in [2.05, 4.69) is 19.2 Å². The fraction of sp³-hybridized carbons (Fsp3) is 0.333. The van der Waals surface area contributed by atoms with Crippen LogP contribution >= 0.6 is 12.6 Å². The van der Waals surface area contributed by atoms with Gasteiger partial charge in [-0.15, -0.1) is 0 Å². The van der Waals surface area contributed by atoms with Gasteiger partial charge in [0.2, 0.25) is 0 Å². The van der Waals surface area contributed by atoms with Crippen molar-refractivity contribution in [2.24, 2.45) is 0 Å². The largest absolute Gasteiger partial charge is 0.494 e. The van der Waals surface area contributed by atoms with Crippen molar-refractivity contribution in [2.45, 2.75) is 6.42 Å². The third kappa shape index (κ3) is 4.79. The van der Waals surface area contributed by atoms with Crippen LogP contribution in [0.3, 0.4) is 0 Å². The quantitative estimate of drug-likeness (QED) is 0.436. The average molecular weight is 224 g/mol. The van der Waals surface area contributed by atoms with Crippen LogP contribution < -0.4 is 9.47 Å². The molecule has 0 aromatic heterocycles. The molecule has 3 heteroatoms. The molecule has 1 aromatic rings. The number of thiol groups is 1. The predicted octanol–water partition coefficient (Wildman–Crippen LogP) is 2.95. The summed E-state index contributed by atoms with van der Waals surface area (Å²) in [5.74, 6) is 2.54. The minimum atomic E-state index is 0.528. The first-order valence-corrected chi connectivity index (χ1v) is 5.57. The van der Waals surface area contributed by atoms with Crippen molar-refractivity contribution < 1.29 is 9.47 Å². The Morgan fingerprint density at radius 2 is 1.73 bits per heavy atom. The van der Waals surface area contributed by atoms with Crippen LogP contribution in [0.15, 0.2) is 36.9 Å². The molecule has 0 N–H and O–H groups in total. The second kappa shape index (κ2) is 7.23. The first kappa shape index (κ1) is 12.0. The lowest BCUT2D eigenvalue weighted by Gasteiger charge is -2.06. The molecule has 0 saturated carbocycles. The van der Waals surface area contributed by atoms with Crippen LogP contribution in [0.2, 0.25) is 0 Å². The highest BCUT2D eigenvalue weighted by Crippen LogP contribution is 2.17. The number of rotatable bonds is 7. The molecule has 15 heavy (non-hydrogen) atoms. The highest BCUT2D eigenvalue weighted by atomic mass is 32.1. The zero-order chi connectivity index (χ0) is 10.9. The lowest BCUT2D eigenvalue weighted by Crippen LogP contribution is -1.98. The molecule has 1 rings (SSSR count). The van der Waals surface area contributed by atoms with E-state index >= 15 is 0 Å². The maximum atomic E-state index is 5.48. The molecule has 0 fully saturated rings. The van der Waals surface area contributed by atoms with E-state index in [-0.39, 0.29) is 0 Å². The molecule has 0 aliphatic rings. The minimum Gasteiger partial charge on any atom is -0.494 e. The predicted molar refractivity (Wildman–Crippen MR) is 66.1 cm³/mol. The van der Waals surface area contributed by atoms with Crippen LogP contribution in [-0.4, -0.2) is 19.0 Å². The molecule has 0 atom stereocenters. The van der Waals surface area contributed by atoms with E-state index in [9.17, 15) is 0 Å². The Kier molecular flexibility index (Phi) is 5.78.